The van der Waals surface area contributed by atoms with Gasteiger partial charge in [0.25, 0.3) is 0 Å². The van der Waals surface area contributed by atoms with E-state index in [0.29, 0.717) is 0 Å². The van der Waals surface area contributed by atoms with Gasteiger partial charge < -0.3 is 24.8 Å². The largest absolute Gasteiger partial charge is 0.459 e. The molecule has 0 unspecified atom stereocenters. The number of benzene rings is 2. The van der Waals surface area contributed by atoms with E-state index in [-0.39, 0.29) is 11.1 Å². The molecule has 0 amide bonds. The number of carbonyl (C=O) groups is 2. The highest BCUT2D eigenvalue weighted by Crippen LogP contribution is 2.28. The van der Waals surface area contributed by atoms with Crippen molar-refractivity contribution in [1.29, 1.82) is 0 Å². The van der Waals surface area contributed by atoms with Crippen molar-refractivity contribution >= 4 is 11.9 Å². The molecule has 3 rings (SSSR count). The van der Waals surface area contributed by atoms with Gasteiger partial charge in [-0.3, -0.25) is 0 Å². The van der Waals surface area contributed by atoms with Gasteiger partial charge in [-0.25, -0.2) is 9.59 Å². The number of aliphatic hydroxyl groups excluding tert-OH is 2. The Bertz CT molecular complexity index is 850. The number of carbonyl (C=O) groups excluding carboxylic acids is 2. The molecule has 7 heteroatoms. The molecule has 0 bridgehead atoms. The Morgan fingerprint density at radius 2 is 1.39 bits per heavy atom. The fourth-order valence-corrected chi connectivity index (χ4v) is 2.83. The van der Waals surface area contributed by atoms with Gasteiger partial charge in [0.1, 0.15) is 24.9 Å². The van der Waals surface area contributed by atoms with Gasteiger partial charge in [0, 0.05) is 0 Å². The normalized spacial score (nSPS) is 26.5. The van der Waals surface area contributed by atoms with Gasteiger partial charge in [-0.2, -0.15) is 0 Å². The lowest BCUT2D eigenvalue weighted by molar-refractivity contribution is -0.183. The Kier molecular flexibility index (Phi) is 5.89. The third-order valence-electron chi connectivity index (χ3n) is 4.52. The Labute approximate surface area is 161 Å². The van der Waals surface area contributed by atoms with Crippen molar-refractivity contribution in [2.24, 2.45) is 0 Å². The summed E-state index contributed by atoms with van der Waals surface area (Å²) in [5.74, 6) is -1.42. The molecule has 1 aliphatic carbocycles. The fourth-order valence-electron chi connectivity index (χ4n) is 2.83. The van der Waals surface area contributed by atoms with Crippen molar-refractivity contribution in [1.82, 2.24) is 0 Å². The van der Waals surface area contributed by atoms with Crippen LogP contribution in [0.4, 0.5) is 0 Å². The van der Waals surface area contributed by atoms with E-state index in [2.05, 4.69) is 0 Å². The zero-order valence-corrected chi connectivity index (χ0v) is 14.8. The first-order valence-corrected chi connectivity index (χ1v) is 8.67. The van der Waals surface area contributed by atoms with Gasteiger partial charge in [-0.05, 0) is 30.3 Å². The number of ether oxygens (including phenoxy) is 2. The zero-order chi connectivity index (χ0) is 20.1. The van der Waals surface area contributed by atoms with Crippen molar-refractivity contribution in [2.45, 2.75) is 23.9 Å². The second kappa shape index (κ2) is 8.35. The van der Waals surface area contributed by atoms with Gasteiger partial charge in [0.2, 0.25) is 0 Å². The van der Waals surface area contributed by atoms with Crippen LogP contribution in [0.3, 0.4) is 0 Å². The molecule has 2 aromatic carbocycles. The Morgan fingerprint density at radius 3 is 1.96 bits per heavy atom. The van der Waals surface area contributed by atoms with Crippen molar-refractivity contribution in [3.8, 4) is 0 Å². The summed E-state index contributed by atoms with van der Waals surface area (Å²) in [5, 5.41) is 31.4. The fraction of sp³-hybridized carbons (Fsp3) is 0.238. The van der Waals surface area contributed by atoms with Crippen LogP contribution in [0.25, 0.3) is 0 Å². The molecule has 2 aromatic rings. The summed E-state index contributed by atoms with van der Waals surface area (Å²) in [4.78, 5) is 24.3. The summed E-state index contributed by atoms with van der Waals surface area (Å²) in [6.45, 7) is -0.688. The molecule has 0 aromatic heterocycles. The topological polar surface area (TPSA) is 113 Å². The highest BCUT2D eigenvalue weighted by atomic mass is 16.6. The maximum Gasteiger partial charge on any atom is 0.338 e. The molecule has 1 aliphatic rings. The van der Waals surface area contributed by atoms with E-state index in [1.807, 2.05) is 0 Å². The van der Waals surface area contributed by atoms with Crippen molar-refractivity contribution in [3.05, 3.63) is 83.9 Å². The molecule has 4 atom stereocenters. The molecule has 0 fully saturated rings. The molecule has 28 heavy (non-hydrogen) atoms. The van der Waals surface area contributed by atoms with Crippen molar-refractivity contribution in [2.75, 3.05) is 6.61 Å². The SMILES string of the molecule is O=C(OC[C@]1(O)[C@H](O)C=C[C@@H](OC(=O)c2ccccc2)[C@@H]1O)c1ccccc1. The van der Waals surface area contributed by atoms with Crippen molar-refractivity contribution < 1.29 is 34.4 Å². The highest BCUT2D eigenvalue weighted by molar-refractivity contribution is 5.90. The van der Waals surface area contributed by atoms with Gasteiger partial charge >= 0.3 is 11.9 Å². The summed E-state index contributed by atoms with van der Waals surface area (Å²) in [6, 6.07) is 16.2. The van der Waals surface area contributed by atoms with Crippen LogP contribution in [0.2, 0.25) is 0 Å². The summed E-state index contributed by atoms with van der Waals surface area (Å²) < 4.78 is 10.3. The molecular formula is C21H20O7. The minimum atomic E-state index is -2.24. The lowest BCUT2D eigenvalue weighted by Crippen LogP contribution is -2.61. The monoisotopic (exact) mass is 384 g/mol. The minimum absolute atomic E-state index is 0.258. The van der Waals surface area contributed by atoms with Crippen molar-refractivity contribution in [3.63, 3.8) is 0 Å². The van der Waals surface area contributed by atoms with Gasteiger partial charge in [-0.15, -0.1) is 0 Å². The first-order valence-electron chi connectivity index (χ1n) is 8.67. The highest BCUT2D eigenvalue weighted by Gasteiger charge is 2.50. The zero-order valence-electron chi connectivity index (χ0n) is 14.8. The standard InChI is InChI=1S/C21H20O7/c22-17-12-11-16(28-20(25)15-9-5-2-6-10-15)18(23)21(17,26)13-27-19(24)14-7-3-1-4-8-14/h1-12,16-18,22-23,26H,13H2/t16-,17-,18+,21+/m1/s1. The average Bonchev–Trinajstić information content (AvgIpc) is 2.74. The first-order chi connectivity index (χ1) is 13.4. The van der Waals surface area contributed by atoms with E-state index < -0.39 is 42.5 Å². The third kappa shape index (κ3) is 4.12. The van der Waals surface area contributed by atoms with Gasteiger partial charge in [0.05, 0.1) is 11.1 Å². The number of hydrogen-bond acceptors (Lipinski definition) is 7. The minimum Gasteiger partial charge on any atom is -0.459 e. The molecular weight excluding hydrogens is 364 g/mol. The van der Waals surface area contributed by atoms with Crippen LogP contribution in [-0.2, 0) is 9.47 Å². The van der Waals surface area contributed by atoms with E-state index in [1.54, 1.807) is 48.5 Å². The Hall–Kier alpha value is -3.00. The Morgan fingerprint density at radius 1 is 0.857 bits per heavy atom. The predicted molar refractivity (Wildman–Crippen MR) is 98.5 cm³/mol. The molecule has 0 radical (unpaired) electrons. The van der Waals surface area contributed by atoms with E-state index >= 15 is 0 Å². The number of rotatable bonds is 5. The first kappa shape index (κ1) is 19.8. The Balaban J connectivity index is 1.69. The van der Waals surface area contributed by atoms with Crippen LogP contribution in [-0.4, -0.2) is 57.8 Å². The van der Waals surface area contributed by atoms with Gasteiger partial charge in [-0.1, -0.05) is 42.5 Å². The summed E-state index contributed by atoms with van der Waals surface area (Å²) in [6.07, 6.45) is -1.98. The predicted octanol–water partition coefficient (Wildman–Crippen LogP) is 1.09. The van der Waals surface area contributed by atoms with Crippen LogP contribution >= 0.6 is 0 Å². The van der Waals surface area contributed by atoms with Crippen LogP contribution in [0.15, 0.2) is 72.8 Å². The smallest absolute Gasteiger partial charge is 0.338 e. The van der Waals surface area contributed by atoms with Crippen LogP contribution in [0, 0.1) is 0 Å². The average molecular weight is 384 g/mol. The quantitative estimate of drug-likeness (QED) is 0.522. The van der Waals surface area contributed by atoms with Crippen LogP contribution in [0.5, 0.6) is 0 Å². The van der Waals surface area contributed by atoms with Gasteiger partial charge in [0.15, 0.2) is 5.60 Å². The number of esters is 2. The summed E-state index contributed by atoms with van der Waals surface area (Å²) in [7, 11) is 0. The molecule has 0 heterocycles. The lowest BCUT2D eigenvalue weighted by Gasteiger charge is -2.40. The lowest BCUT2D eigenvalue weighted by atomic mass is 9.83. The van der Waals surface area contributed by atoms with E-state index in [1.165, 1.54) is 24.3 Å². The van der Waals surface area contributed by atoms with E-state index in [9.17, 15) is 24.9 Å². The maximum absolute atomic E-state index is 12.2. The summed E-state index contributed by atoms with van der Waals surface area (Å²) in [5.41, 5.74) is -1.71. The molecule has 0 spiro atoms. The maximum atomic E-state index is 12.2. The number of hydrogen-bond donors (Lipinski definition) is 3. The van der Waals surface area contributed by atoms with E-state index in [4.69, 9.17) is 9.47 Å². The molecule has 7 nitrogen and oxygen atoms in total. The molecule has 146 valence electrons. The summed E-state index contributed by atoms with van der Waals surface area (Å²) >= 11 is 0. The van der Waals surface area contributed by atoms with Crippen LogP contribution in [0.1, 0.15) is 20.7 Å². The molecule has 0 saturated carbocycles. The third-order valence-corrected chi connectivity index (χ3v) is 4.52. The number of aliphatic hydroxyl groups is 3. The molecule has 0 saturated heterocycles. The van der Waals surface area contributed by atoms with E-state index in [0.717, 1.165) is 0 Å². The second-order valence-electron chi connectivity index (χ2n) is 6.44. The van der Waals surface area contributed by atoms with Crippen LogP contribution < -0.4 is 0 Å². The second-order valence-corrected chi connectivity index (χ2v) is 6.44. The molecule has 3 N–H and O–H groups in total. The molecule has 0 aliphatic heterocycles.